The Morgan fingerprint density at radius 1 is 1.25 bits per heavy atom. The molecule has 3 nitrogen and oxygen atoms in total. The second-order valence-electron chi connectivity index (χ2n) is 6.05. The van der Waals surface area contributed by atoms with E-state index in [0.717, 1.165) is 30.7 Å². The highest BCUT2D eigenvalue weighted by molar-refractivity contribution is 5.78. The van der Waals surface area contributed by atoms with Crippen LogP contribution in [0.3, 0.4) is 0 Å². The number of nitrogens with one attached hydrogen (secondary N) is 1. The van der Waals surface area contributed by atoms with Gasteiger partial charge < -0.3 is 11.1 Å². The highest BCUT2D eigenvalue weighted by Crippen LogP contribution is 2.28. The van der Waals surface area contributed by atoms with Gasteiger partial charge in [-0.1, -0.05) is 37.3 Å². The lowest BCUT2D eigenvalue weighted by Crippen LogP contribution is -2.34. The molecule has 1 aliphatic carbocycles. The van der Waals surface area contributed by atoms with Crippen LogP contribution in [0.2, 0.25) is 0 Å². The normalized spacial score (nSPS) is 24.1. The third-order valence-corrected chi connectivity index (χ3v) is 4.37. The van der Waals surface area contributed by atoms with E-state index in [9.17, 15) is 4.79 Å². The molecule has 0 spiro atoms. The molecule has 3 N–H and O–H groups in total. The van der Waals surface area contributed by atoms with Gasteiger partial charge in [0.2, 0.25) is 5.91 Å². The number of hydrogen-bond acceptors (Lipinski definition) is 2. The number of nitrogens with two attached hydrogens (primary N) is 1. The monoisotopic (exact) mass is 274 g/mol. The summed E-state index contributed by atoms with van der Waals surface area (Å²) in [5.41, 5.74) is 7.26. The quantitative estimate of drug-likeness (QED) is 0.867. The largest absolute Gasteiger partial charge is 0.356 e. The highest BCUT2D eigenvalue weighted by Gasteiger charge is 2.23. The number of hydrogen-bond donors (Lipinski definition) is 2. The topological polar surface area (TPSA) is 55.1 Å². The van der Waals surface area contributed by atoms with Crippen molar-refractivity contribution in [3.05, 3.63) is 35.9 Å². The third kappa shape index (κ3) is 4.34. The van der Waals surface area contributed by atoms with Crippen LogP contribution in [0.25, 0.3) is 0 Å². The molecule has 1 amide bonds. The number of benzene rings is 1. The van der Waals surface area contributed by atoms with Crippen LogP contribution in [-0.4, -0.2) is 12.5 Å². The van der Waals surface area contributed by atoms with Crippen molar-refractivity contribution in [3.63, 3.8) is 0 Å². The van der Waals surface area contributed by atoms with Crippen molar-refractivity contribution in [2.75, 3.05) is 6.54 Å². The molecule has 1 aliphatic rings. The molecule has 0 aliphatic heterocycles. The van der Waals surface area contributed by atoms with E-state index in [4.69, 9.17) is 5.73 Å². The van der Waals surface area contributed by atoms with Crippen molar-refractivity contribution in [1.82, 2.24) is 5.32 Å². The van der Waals surface area contributed by atoms with Gasteiger partial charge in [0.1, 0.15) is 0 Å². The molecular formula is C17H26N2O. The number of amides is 1. The molecule has 110 valence electrons. The predicted molar refractivity (Wildman–Crippen MR) is 82.1 cm³/mol. The van der Waals surface area contributed by atoms with Gasteiger partial charge in [0.15, 0.2) is 0 Å². The van der Waals surface area contributed by atoms with Crippen LogP contribution in [0.15, 0.2) is 30.3 Å². The van der Waals surface area contributed by atoms with E-state index in [0.29, 0.717) is 6.54 Å². The summed E-state index contributed by atoms with van der Waals surface area (Å²) < 4.78 is 0. The van der Waals surface area contributed by atoms with E-state index < -0.39 is 0 Å². The fourth-order valence-corrected chi connectivity index (χ4v) is 2.88. The van der Waals surface area contributed by atoms with E-state index in [1.165, 1.54) is 12.8 Å². The van der Waals surface area contributed by atoms with Crippen LogP contribution in [-0.2, 0) is 4.79 Å². The first-order valence-corrected chi connectivity index (χ1v) is 7.75. The van der Waals surface area contributed by atoms with Crippen LogP contribution in [0.1, 0.15) is 50.6 Å². The van der Waals surface area contributed by atoms with Crippen LogP contribution < -0.4 is 11.1 Å². The van der Waals surface area contributed by atoms with Crippen molar-refractivity contribution in [2.24, 2.45) is 17.6 Å². The van der Waals surface area contributed by atoms with Crippen LogP contribution >= 0.6 is 0 Å². The summed E-state index contributed by atoms with van der Waals surface area (Å²) in [5.74, 6) is 1.22. The average molecular weight is 274 g/mol. The second-order valence-corrected chi connectivity index (χ2v) is 6.05. The molecular weight excluding hydrogens is 248 g/mol. The standard InChI is InChI=1S/C17H26N2O/c1-13-7-9-15(10-8-13)17(20)19-12-11-16(18)14-5-3-2-4-6-14/h2-6,13,15-16H,7-12,18H2,1H3,(H,19,20). The molecule has 0 bridgehead atoms. The van der Waals surface area contributed by atoms with Gasteiger partial charge in [-0.05, 0) is 43.6 Å². The molecule has 1 unspecified atom stereocenters. The Morgan fingerprint density at radius 3 is 2.55 bits per heavy atom. The zero-order valence-corrected chi connectivity index (χ0v) is 12.3. The van der Waals surface area contributed by atoms with Gasteiger partial charge in [-0.15, -0.1) is 0 Å². The summed E-state index contributed by atoms with van der Waals surface area (Å²) in [6.45, 7) is 2.94. The molecule has 1 fully saturated rings. The van der Waals surface area contributed by atoms with Crippen LogP contribution in [0, 0.1) is 11.8 Å². The Labute approximate surface area is 121 Å². The Bertz CT molecular complexity index is 410. The van der Waals surface area contributed by atoms with Crippen LogP contribution in [0.5, 0.6) is 0 Å². The Morgan fingerprint density at radius 2 is 1.90 bits per heavy atom. The lowest BCUT2D eigenvalue weighted by Gasteiger charge is -2.25. The maximum Gasteiger partial charge on any atom is 0.223 e. The zero-order valence-electron chi connectivity index (χ0n) is 12.3. The summed E-state index contributed by atoms with van der Waals surface area (Å²) in [6.07, 6.45) is 5.23. The molecule has 1 atom stereocenters. The number of carbonyl (C=O) groups excluding carboxylic acids is 1. The molecule has 0 saturated heterocycles. The molecule has 0 aromatic heterocycles. The molecule has 1 aromatic carbocycles. The maximum absolute atomic E-state index is 12.1. The SMILES string of the molecule is CC1CCC(C(=O)NCCC(N)c2ccccc2)CC1. The molecule has 3 heteroatoms. The Kier molecular flexibility index (Phi) is 5.60. The van der Waals surface area contributed by atoms with Gasteiger partial charge in [0, 0.05) is 18.5 Å². The zero-order chi connectivity index (χ0) is 14.4. The van der Waals surface area contributed by atoms with Gasteiger partial charge in [-0.25, -0.2) is 0 Å². The first-order valence-electron chi connectivity index (χ1n) is 7.75. The van der Waals surface area contributed by atoms with E-state index in [2.05, 4.69) is 12.2 Å². The molecule has 1 aromatic rings. The highest BCUT2D eigenvalue weighted by atomic mass is 16.1. The van der Waals surface area contributed by atoms with E-state index in [1.54, 1.807) is 0 Å². The van der Waals surface area contributed by atoms with E-state index in [-0.39, 0.29) is 17.9 Å². The average Bonchev–Trinajstić information content (AvgIpc) is 2.48. The fourth-order valence-electron chi connectivity index (χ4n) is 2.88. The van der Waals surface area contributed by atoms with E-state index >= 15 is 0 Å². The first kappa shape index (κ1) is 15.0. The minimum Gasteiger partial charge on any atom is -0.356 e. The molecule has 0 heterocycles. The van der Waals surface area contributed by atoms with E-state index in [1.807, 2.05) is 30.3 Å². The van der Waals surface area contributed by atoms with Gasteiger partial charge in [-0.3, -0.25) is 4.79 Å². The summed E-state index contributed by atoms with van der Waals surface area (Å²) >= 11 is 0. The lowest BCUT2D eigenvalue weighted by molar-refractivity contribution is -0.126. The summed E-state index contributed by atoms with van der Waals surface area (Å²) in [4.78, 5) is 12.1. The molecule has 2 rings (SSSR count). The smallest absolute Gasteiger partial charge is 0.223 e. The predicted octanol–water partition coefficient (Wildman–Crippen LogP) is 3.02. The first-order chi connectivity index (χ1) is 9.66. The van der Waals surface area contributed by atoms with Crippen molar-refractivity contribution >= 4 is 5.91 Å². The second kappa shape index (κ2) is 7.44. The van der Waals surface area contributed by atoms with Crippen LogP contribution in [0.4, 0.5) is 0 Å². The Hall–Kier alpha value is -1.35. The fraction of sp³-hybridized carbons (Fsp3) is 0.588. The van der Waals surface area contributed by atoms with Gasteiger partial charge >= 0.3 is 0 Å². The van der Waals surface area contributed by atoms with Crippen molar-refractivity contribution in [1.29, 1.82) is 0 Å². The maximum atomic E-state index is 12.1. The molecule has 1 saturated carbocycles. The summed E-state index contributed by atoms with van der Waals surface area (Å²) in [6, 6.07) is 10.1. The Balaban J connectivity index is 1.69. The number of carbonyl (C=O) groups is 1. The molecule has 20 heavy (non-hydrogen) atoms. The van der Waals surface area contributed by atoms with Gasteiger partial charge in [-0.2, -0.15) is 0 Å². The number of rotatable bonds is 5. The molecule has 0 radical (unpaired) electrons. The van der Waals surface area contributed by atoms with Gasteiger partial charge in [0.05, 0.1) is 0 Å². The van der Waals surface area contributed by atoms with Crippen molar-refractivity contribution in [2.45, 2.75) is 45.1 Å². The van der Waals surface area contributed by atoms with Crippen molar-refractivity contribution in [3.8, 4) is 0 Å². The summed E-state index contributed by atoms with van der Waals surface area (Å²) in [5, 5.41) is 3.05. The lowest BCUT2D eigenvalue weighted by atomic mass is 9.82. The minimum atomic E-state index is 0.00266. The minimum absolute atomic E-state index is 0.00266. The van der Waals surface area contributed by atoms with Crippen molar-refractivity contribution < 1.29 is 4.79 Å². The van der Waals surface area contributed by atoms with Gasteiger partial charge in [0.25, 0.3) is 0 Å². The summed E-state index contributed by atoms with van der Waals surface area (Å²) in [7, 11) is 0. The third-order valence-electron chi connectivity index (χ3n) is 4.37.